The summed E-state index contributed by atoms with van der Waals surface area (Å²) in [5.74, 6) is 0. The van der Waals surface area contributed by atoms with Gasteiger partial charge in [-0.25, -0.2) is 0 Å². The first-order valence-electron chi connectivity index (χ1n) is 6.26. The van der Waals surface area contributed by atoms with Gasteiger partial charge in [-0.3, -0.25) is 0 Å². The second-order valence-corrected chi connectivity index (χ2v) is 5.14. The van der Waals surface area contributed by atoms with Crippen LogP contribution < -0.4 is 10.6 Å². The van der Waals surface area contributed by atoms with Crippen molar-refractivity contribution in [3.05, 3.63) is 29.3 Å². The molecular weight excluding hydrogens is 244 g/mol. The molecule has 3 nitrogen and oxygen atoms in total. The summed E-state index contributed by atoms with van der Waals surface area (Å²) in [4.78, 5) is 2.67. The van der Waals surface area contributed by atoms with E-state index < -0.39 is 0 Å². The van der Waals surface area contributed by atoms with Crippen LogP contribution in [0.5, 0.6) is 0 Å². The zero-order chi connectivity index (χ0) is 13.7. The van der Waals surface area contributed by atoms with Gasteiger partial charge >= 0.3 is 0 Å². The van der Waals surface area contributed by atoms with Crippen molar-refractivity contribution in [3.63, 3.8) is 0 Å². The molecule has 18 heavy (non-hydrogen) atoms. The maximum atomic E-state index is 9.01. The topological polar surface area (TPSA) is 49.5 Å². The van der Waals surface area contributed by atoms with E-state index in [4.69, 9.17) is 23.1 Å². The third-order valence-corrected chi connectivity index (χ3v) is 3.19. The fraction of sp³-hybridized carbons (Fsp3) is 0.500. The highest BCUT2D eigenvalue weighted by atomic mass is 32.1. The molecule has 1 aromatic carbocycles. The van der Waals surface area contributed by atoms with Crippen molar-refractivity contribution >= 4 is 22.9 Å². The summed E-state index contributed by atoms with van der Waals surface area (Å²) < 4.78 is 0. The number of aliphatic hydroxyl groups is 1. The van der Waals surface area contributed by atoms with E-state index in [1.165, 1.54) is 0 Å². The van der Waals surface area contributed by atoms with Crippen LogP contribution in [-0.4, -0.2) is 29.3 Å². The van der Waals surface area contributed by atoms with Gasteiger partial charge in [0.25, 0.3) is 0 Å². The van der Waals surface area contributed by atoms with E-state index in [1.54, 1.807) is 0 Å². The summed E-state index contributed by atoms with van der Waals surface area (Å²) in [7, 11) is 0. The maximum Gasteiger partial charge on any atom is 0.106 e. The molecule has 4 heteroatoms. The van der Waals surface area contributed by atoms with Gasteiger partial charge in [-0.15, -0.1) is 0 Å². The summed E-state index contributed by atoms with van der Waals surface area (Å²) in [6.45, 7) is 7.32. The maximum absolute atomic E-state index is 9.01. The van der Waals surface area contributed by atoms with Gasteiger partial charge in [0.15, 0.2) is 0 Å². The molecule has 0 aliphatic carbocycles. The monoisotopic (exact) mass is 266 g/mol. The van der Waals surface area contributed by atoms with Crippen LogP contribution >= 0.6 is 12.2 Å². The Kier molecular flexibility index (Phi) is 5.56. The number of nitrogens with two attached hydrogens (primary N) is 1. The smallest absolute Gasteiger partial charge is 0.106 e. The Morgan fingerprint density at radius 1 is 1.44 bits per heavy atom. The summed E-state index contributed by atoms with van der Waals surface area (Å²) >= 11 is 5.13. The molecule has 0 spiro atoms. The Hall–Kier alpha value is -1.13. The summed E-state index contributed by atoms with van der Waals surface area (Å²) in [6.07, 6.45) is 0.739. The first-order valence-corrected chi connectivity index (χ1v) is 6.66. The molecule has 0 unspecified atom stereocenters. The Bertz CT molecular complexity index is 418. The molecule has 1 aromatic rings. The molecule has 0 radical (unpaired) electrons. The molecule has 0 aliphatic heterocycles. The molecule has 0 bridgehead atoms. The number of hydrogen-bond donors (Lipinski definition) is 2. The zero-order valence-corrected chi connectivity index (χ0v) is 12.1. The molecule has 0 amide bonds. The number of rotatable bonds is 6. The summed E-state index contributed by atoms with van der Waals surface area (Å²) in [5, 5.41) is 9.01. The molecule has 3 N–H and O–H groups in total. The van der Waals surface area contributed by atoms with Crippen LogP contribution in [0.3, 0.4) is 0 Å². The molecule has 0 heterocycles. The van der Waals surface area contributed by atoms with Gasteiger partial charge in [0, 0.05) is 24.8 Å². The second kappa shape index (κ2) is 6.71. The highest BCUT2D eigenvalue weighted by Crippen LogP contribution is 2.27. The van der Waals surface area contributed by atoms with E-state index in [1.807, 2.05) is 12.1 Å². The highest BCUT2D eigenvalue weighted by molar-refractivity contribution is 7.80. The minimum atomic E-state index is 0.192. The van der Waals surface area contributed by atoms with Gasteiger partial charge < -0.3 is 15.7 Å². The second-order valence-electron chi connectivity index (χ2n) is 4.70. The van der Waals surface area contributed by atoms with Crippen molar-refractivity contribution in [2.75, 3.05) is 18.1 Å². The quantitative estimate of drug-likeness (QED) is 0.775. The van der Waals surface area contributed by atoms with Gasteiger partial charge in [-0.2, -0.15) is 0 Å². The van der Waals surface area contributed by atoms with E-state index in [9.17, 15) is 0 Å². The molecule has 1 rings (SSSR count). The van der Waals surface area contributed by atoms with Crippen molar-refractivity contribution in [1.82, 2.24) is 0 Å². The summed E-state index contributed by atoms with van der Waals surface area (Å²) in [6, 6.07) is 6.33. The fourth-order valence-electron chi connectivity index (χ4n) is 2.11. The number of nitrogens with zero attached hydrogens (tertiary/aromatic N) is 1. The van der Waals surface area contributed by atoms with Crippen molar-refractivity contribution in [2.45, 2.75) is 33.2 Å². The van der Waals surface area contributed by atoms with E-state index in [0.29, 0.717) is 11.0 Å². The Labute approximate surface area is 115 Å². The summed E-state index contributed by atoms with van der Waals surface area (Å²) in [5.41, 5.74) is 8.97. The zero-order valence-electron chi connectivity index (χ0n) is 11.3. The minimum absolute atomic E-state index is 0.192. The fourth-order valence-corrected chi connectivity index (χ4v) is 2.27. The number of aryl methyl sites for hydroxylation is 1. The van der Waals surface area contributed by atoms with Gasteiger partial charge in [0.1, 0.15) is 4.99 Å². The largest absolute Gasteiger partial charge is 0.396 e. The van der Waals surface area contributed by atoms with Gasteiger partial charge in [-0.05, 0) is 38.8 Å². The van der Waals surface area contributed by atoms with Crippen LogP contribution in [0.2, 0.25) is 0 Å². The molecule has 100 valence electrons. The molecule has 0 saturated carbocycles. The lowest BCUT2D eigenvalue weighted by Gasteiger charge is -2.32. The first kappa shape index (κ1) is 14.9. The van der Waals surface area contributed by atoms with Crippen LogP contribution in [-0.2, 0) is 0 Å². The number of hydrogen-bond acceptors (Lipinski definition) is 3. The molecule has 0 aromatic heterocycles. The van der Waals surface area contributed by atoms with Crippen LogP contribution in [0.1, 0.15) is 31.4 Å². The Morgan fingerprint density at radius 2 is 2.11 bits per heavy atom. The highest BCUT2D eigenvalue weighted by Gasteiger charge is 2.17. The van der Waals surface area contributed by atoms with E-state index in [0.717, 1.165) is 29.8 Å². The normalized spacial score (nSPS) is 10.7. The predicted octanol–water partition coefficient (Wildman–Crippen LogP) is 2.23. The van der Waals surface area contributed by atoms with Crippen LogP contribution in [0.4, 0.5) is 5.69 Å². The average molecular weight is 266 g/mol. The lowest BCUT2D eigenvalue weighted by atomic mass is 10.0. The minimum Gasteiger partial charge on any atom is -0.396 e. The van der Waals surface area contributed by atoms with Gasteiger partial charge in [0.05, 0.1) is 5.69 Å². The van der Waals surface area contributed by atoms with Crippen LogP contribution in [0, 0.1) is 6.92 Å². The third kappa shape index (κ3) is 3.43. The number of benzene rings is 1. The SMILES string of the molecule is Cc1cccc(C(N)=S)c1N(CCCO)C(C)C. The van der Waals surface area contributed by atoms with Crippen molar-refractivity contribution in [3.8, 4) is 0 Å². The molecule has 0 fully saturated rings. The average Bonchev–Trinajstić information content (AvgIpc) is 2.30. The predicted molar refractivity (Wildman–Crippen MR) is 81.3 cm³/mol. The van der Waals surface area contributed by atoms with E-state index >= 15 is 0 Å². The lowest BCUT2D eigenvalue weighted by molar-refractivity contribution is 0.288. The number of para-hydroxylation sites is 1. The van der Waals surface area contributed by atoms with Gasteiger partial charge in [-0.1, -0.05) is 24.4 Å². The van der Waals surface area contributed by atoms with E-state index in [2.05, 4.69) is 31.7 Å². The third-order valence-electron chi connectivity index (χ3n) is 2.97. The molecule has 0 aliphatic rings. The van der Waals surface area contributed by atoms with Crippen molar-refractivity contribution < 1.29 is 5.11 Å². The van der Waals surface area contributed by atoms with Crippen LogP contribution in [0.15, 0.2) is 18.2 Å². The number of anilines is 1. The number of aliphatic hydroxyl groups excluding tert-OH is 1. The molecule has 0 saturated heterocycles. The van der Waals surface area contributed by atoms with Gasteiger partial charge in [0.2, 0.25) is 0 Å². The van der Waals surface area contributed by atoms with Crippen molar-refractivity contribution in [1.29, 1.82) is 0 Å². The Balaban J connectivity index is 3.21. The van der Waals surface area contributed by atoms with Crippen molar-refractivity contribution in [2.24, 2.45) is 5.73 Å². The molecular formula is C14H22N2OS. The first-order chi connectivity index (χ1) is 8.49. The molecule has 0 atom stereocenters. The number of thiocarbonyl (C=S) groups is 1. The lowest BCUT2D eigenvalue weighted by Crippen LogP contribution is -2.34. The van der Waals surface area contributed by atoms with Crippen LogP contribution in [0.25, 0.3) is 0 Å². The standard InChI is InChI=1S/C14H22N2OS/c1-10(2)16(8-5-9-17)13-11(3)6-4-7-12(13)14(15)18/h4,6-7,10,17H,5,8-9H2,1-3H3,(H2,15,18). The van der Waals surface area contributed by atoms with E-state index in [-0.39, 0.29) is 6.61 Å². The Morgan fingerprint density at radius 3 is 2.61 bits per heavy atom.